The molecular weight excluding hydrogens is 320 g/mol. The van der Waals surface area contributed by atoms with Gasteiger partial charge in [0.15, 0.2) is 6.10 Å². The van der Waals surface area contributed by atoms with Crippen LogP contribution in [0.4, 0.5) is 0 Å². The molecule has 1 aromatic carbocycles. The minimum absolute atomic E-state index is 0.158. The summed E-state index contributed by atoms with van der Waals surface area (Å²) in [6, 6.07) is 9.21. The van der Waals surface area contributed by atoms with E-state index in [1.165, 1.54) is 19.3 Å². The maximum atomic E-state index is 12.1. The second-order valence-corrected chi connectivity index (χ2v) is 6.08. The molecule has 138 valence electrons. The van der Waals surface area contributed by atoms with E-state index in [4.69, 9.17) is 18.9 Å². The largest absolute Gasteiger partial charge is 0.479 e. The molecule has 0 bridgehead atoms. The van der Waals surface area contributed by atoms with Gasteiger partial charge in [0.05, 0.1) is 0 Å². The maximum absolute atomic E-state index is 12.1. The summed E-state index contributed by atoms with van der Waals surface area (Å²) < 4.78 is 21.9. The van der Waals surface area contributed by atoms with Crippen molar-refractivity contribution in [1.82, 2.24) is 0 Å². The Bertz CT molecular complexity index is 528. The van der Waals surface area contributed by atoms with Crippen LogP contribution in [0.1, 0.15) is 39.5 Å². The summed E-state index contributed by atoms with van der Waals surface area (Å²) in [5.74, 6) is 0.227. The van der Waals surface area contributed by atoms with Crippen LogP contribution >= 0.6 is 0 Å². The number of allylic oxidation sites excluding steroid dienone is 1. The van der Waals surface area contributed by atoms with Crippen LogP contribution in [-0.2, 0) is 19.0 Å². The van der Waals surface area contributed by atoms with Crippen LogP contribution in [-0.4, -0.2) is 37.7 Å². The van der Waals surface area contributed by atoms with E-state index in [2.05, 4.69) is 13.0 Å². The molecule has 1 heterocycles. The first-order chi connectivity index (χ1) is 12.2. The highest BCUT2D eigenvalue weighted by molar-refractivity contribution is 5.74. The predicted molar refractivity (Wildman–Crippen MR) is 95.4 cm³/mol. The summed E-state index contributed by atoms with van der Waals surface area (Å²) in [5, 5.41) is 0. The van der Waals surface area contributed by atoms with Gasteiger partial charge in [-0.1, -0.05) is 50.1 Å². The van der Waals surface area contributed by atoms with Gasteiger partial charge in [0, 0.05) is 0 Å². The van der Waals surface area contributed by atoms with Crippen molar-refractivity contribution in [3.63, 3.8) is 0 Å². The zero-order valence-electron chi connectivity index (χ0n) is 15.1. The molecule has 1 fully saturated rings. The third-order valence-corrected chi connectivity index (χ3v) is 3.99. The van der Waals surface area contributed by atoms with E-state index in [1.807, 2.05) is 24.3 Å². The normalized spacial score (nSPS) is 21.4. The van der Waals surface area contributed by atoms with Gasteiger partial charge < -0.3 is 18.9 Å². The number of esters is 1. The number of para-hydroxylation sites is 1. The number of unbranched alkanes of at least 4 members (excludes halogenated alkanes) is 3. The van der Waals surface area contributed by atoms with E-state index in [0.717, 1.165) is 6.42 Å². The fourth-order valence-corrected chi connectivity index (χ4v) is 2.51. The Balaban J connectivity index is 1.72. The zero-order chi connectivity index (χ0) is 17.9. The lowest BCUT2D eigenvalue weighted by Gasteiger charge is -2.17. The summed E-state index contributed by atoms with van der Waals surface area (Å²) in [6.07, 6.45) is 7.65. The molecule has 0 unspecified atom stereocenters. The Morgan fingerprint density at radius 3 is 2.84 bits per heavy atom. The summed E-state index contributed by atoms with van der Waals surface area (Å²) in [4.78, 5) is 12.1. The number of carbonyl (C=O) groups is 1. The fraction of sp³-hybridized carbons (Fsp3) is 0.550. The van der Waals surface area contributed by atoms with Gasteiger partial charge in [0.1, 0.15) is 31.4 Å². The lowest BCUT2D eigenvalue weighted by molar-refractivity contribution is -0.154. The molecule has 2 rings (SSSR count). The number of rotatable bonds is 10. The number of hydrogen-bond donors (Lipinski definition) is 0. The van der Waals surface area contributed by atoms with Gasteiger partial charge in [-0.05, 0) is 31.9 Å². The highest BCUT2D eigenvalue weighted by Crippen LogP contribution is 2.16. The molecular formula is C20H28O5. The molecule has 0 N–H and O–H groups in total. The van der Waals surface area contributed by atoms with Gasteiger partial charge in [-0.3, -0.25) is 0 Å². The van der Waals surface area contributed by atoms with Crippen LogP contribution in [0.15, 0.2) is 42.5 Å². The first-order valence-corrected chi connectivity index (χ1v) is 8.99. The van der Waals surface area contributed by atoms with E-state index >= 15 is 0 Å². The van der Waals surface area contributed by atoms with Crippen LogP contribution in [0.2, 0.25) is 0 Å². The van der Waals surface area contributed by atoms with Crippen LogP contribution in [0.5, 0.6) is 5.75 Å². The summed E-state index contributed by atoms with van der Waals surface area (Å²) in [7, 11) is 0. The highest BCUT2D eigenvalue weighted by Gasteiger charge is 2.29. The third-order valence-electron chi connectivity index (χ3n) is 3.99. The first kappa shape index (κ1) is 19.5. The average Bonchev–Trinajstić information content (AvgIpc) is 3.07. The van der Waals surface area contributed by atoms with Gasteiger partial charge >= 0.3 is 5.97 Å². The number of ether oxygens (including phenoxy) is 4. The van der Waals surface area contributed by atoms with E-state index < -0.39 is 12.1 Å². The molecule has 0 amide bonds. The summed E-state index contributed by atoms with van der Waals surface area (Å²) in [5.41, 5.74) is 0. The molecule has 1 aromatic rings. The molecule has 3 atom stereocenters. The second kappa shape index (κ2) is 10.9. The van der Waals surface area contributed by atoms with E-state index in [-0.39, 0.29) is 25.6 Å². The Morgan fingerprint density at radius 2 is 2.08 bits per heavy atom. The van der Waals surface area contributed by atoms with Gasteiger partial charge in [-0.15, -0.1) is 0 Å². The molecule has 0 spiro atoms. The standard InChI is InChI=1S/C20H28O5/c1-3-4-5-6-10-13-18-19(24-15-23-18)14-22-20(21)16(2)25-17-11-8-7-9-12-17/h7-13,16,18-19H,3-6,14-15H2,1-2H3/b13-10-/t16-,18-,19-/m0/s1. The van der Waals surface area contributed by atoms with Crippen molar-refractivity contribution in [2.45, 2.75) is 57.8 Å². The molecule has 25 heavy (non-hydrogen) atoms. The van der Waals surface area contributed by atoms with Crippen LogP contribution in [0.3, 0.4) is 0 Å². The zero-order valence-corrected chi connectivity index (χ0v) is 15.1. The molecule has 0 saturated carbocycles. The smallest absolute Gasteiger partial charge is 0.347 e. The monoisotopic (exact) mass is 348 g/mol. The van der Waals surface area contributed by atoms with Crippen molar-refractivity contribution in [3.05, 3.63) is 42.5 Å². The topological polar surface area (TPSA) is 54.0 Å². The Morgan fingerprint density at radius 1 is 1.28 bits per heavy atom. The number of benzene rings is 1. The minimum Gasteiger partial charge on any atom is -0.479 e. The molecule has 0 radical (unpaired) electrons. The Labute approximate surface area is 149 Å². The van der Waals surface area contributed by atoms with Gasteiger partial charge in [0.25, 0.3) is 0 Å². The van der Waals surface area contributed by atoms with Crippen molar-refractivity contribution in [1.29, 1.82) is 0 Å². The molecule has 5 heteroatoms. The van der Waals surface area contributed by atoms with Crippen molar-refractivity contribution < 1.29 is 23.7 Å². The molecule has 5 nitrogen and oxygen atoms in total. The second-order valence-electron chi connectivity index (χ2n) is 6.08. The Kier molecular flexibility index (Phi) is 8.49. The van der Waals surface area contributed by atoms with Gasteiger partial charge in [-0.2, -0.15) is 0 Å². The van der Waals surface area contributed by atoms with Crippen molar-refractivity contribution in [2.75, 3.05) is 13.4 Å². The van der Waals surface area contributed by atoms with Crippen molar-refractivity contribution in [3.8, 4) is 5.75 Å². The summed E-state index contributed by atoms with van der Waals surface area (Å²) in [6.45, 7) is 4.24. The first-order valence-electron chi connectivity index (χ1n) is 8.99. The van der Waals surface area contributed by atoms with Gasteiger partial charge in [-0.25, -0.2) is 4.79 Å². The summed E-state index contributed by atoms with van der Waals surface area (Å²) >= 11 is 0. The van der Waals surface area contributed by atoms with E-state index in [9.17, 15) is 4.79 Å². The molecule has 0 aromatic heterocycles. The third kappa shape index (κ3) is 6.88. The van der Waals surface area contributed by atoms with E-state index in [1.54, 1.807) is 19.1 Å². The van der Waals surface area contributed by atoms with Crippen LogP contribution in [0.25, 0.3) is 0 Å². The molecule has 1 aliphatic heterocycles. The van der Waals surface area contributed by atoms with Crippen LogP contribution < -0.4 is 4.74 Å². The Hall–Kier alpha value is -1.85. The van der Waals surface area contributed by atoms with Crippen LogP contribution in [0, 0.1) is 0 Å². The molecule has 1 saturated heterocycles. The van der Waals surface area contributed by atoms with Gasteiger partial charge in [0.2, 0.25) is 0 Å². The van der Waals surface area contributed by atoms with Crippen molar-refractivity contribution in [2.24, 2.45) is 0 Å². The predicted octanol–water partition coefficient (Wildman–Crippen LogP) is 3.88. The molecule has 1 aliphatic rings. The average molecular weight is 348 g/mol. The highest BCUT2D eigenvalue weighted by atomic mass is 16.7. The lowest BCUT2D eigenvalue weighted by Crippen LogP contribution is -2.32. The fourth-order valence-electron chi connectivity index (χ4n) is 2.51. The minimum atomic E-state index is -0.673. The SMILES string of the molecule is CCCCC/C=C\[C@@H]1OCO[C@H]1COC(=O)[C@H](C)Oc1ccccc1. The lowest BCUT2D eigenvalue weighted by atomic mass is 10.1. The quantitative estimate of drug-likeness (QED) is 0.365. The van der Waals surface area contributed by atoms with E-state index in [0.29, 0.717) is 5.75 Å². The van der Waals surface area contributed by atoms with Crippen molar-refractivity contribution >= 4 is 5.97 Å². The molecule has 0 aliphatic carbocycles. The maximum Gasteiger partial charge on any atom is 0.347 e. The number of carbonyl (C=O) groups excluding carboxylic acids is 1. The number of hydrogen-bond acceptors (Lipinski definition) is 5.